The highest BCUT2D eigenvalue weighted by molar-refractivity contribution is 6.31. The lowest BCUT2D eigenvalue weighted by Gasteiger charge is -2.35. The number of aryl methyl sites for hydroxylation is 1. The molecule has 3 aromatic heterocycles. The number of carbonyl (C=O) groups excluding carboxylic acids is 2. The lowest BCUT2D eigenvalue weighted by atomic mass is 9.87. The van der Waals surface area contributed by atoms with Gasteiger partial charge in [0.15, 0.2) is 5.15 Å². The molecule has 10 nitrogen and oxygen atoms in total. The molecule has 2 amide bonds. The molecule has 2 aliphatic heterocycles. The smallest absolute Gasteiger partial charge is 0.247 e. The Morgan fingerprint density at radius 3 is 2.67 bits per heavy atom. The minimum atomic E-state index is -0.259. The molecule has 1 N–H and O–H groups in total. The molecule has 0 aliphatic carbocycles. The molecule has 2 bridgehead atoms. The molecular weight excluding hydrogens is 587 g/mol. The lowest BCUT2D eigenvalue weighted by molar-refractivity contribution is -0.129. The number of carbonyl (C=O) groups is 2. The number of halogens is 2. The number of rotatable bonds is 4. The second-order valence-electron chi connectivity index (χ2n) is 11.4. The molecule has 0 fully saturated rings. The zero-order chi connectivity index (χ0) is 30.2. The Bertz CT molecular complexity index is 1730. The van der Waals surface area contributed by atoms with Crippen molar-refractivity contribution in [3.8, 4) is 16.9 Å². The van der Waals surface area contributed by atoms with E-state index in [0.29, 0.717) is 36.5 Å². The summed E-state index contributed by atoms with van der Waals surface area (Å²) in [5.74, 6) is -0.128. The van der Waals surface area contributed by atoms with E-state index in [-0.39, 0.29) is 34.8 Å². The molecule has 43 heavy (non-hydrogen) atoms. The highest BCUT2D eigenvalue weighted by Crippen LogP contribution is 2.37. The zero-order valence-electron chi connectivity index (χ0n) is 24.2. The van der Waals surface area contributed by atoms with Crippen LogP contribution in [0.2, 0.25) is 10.2 Å². The summed E-state index contributed by atoms with van der Waals surface area (Å²) in [6.07, 6.45) is 9.50. The van der Waals surface area contributed by atoms with Crippen LogP contribution < -0.4 is 5.32 Å². The maximum atomic E-state index is 13.9. The quantitative estimate of drug-likeness (QED) is 0.295. The van der Waals surface area contributed by atoms with E-state index in [1.54, 1.807) is 40.1 Å². The van der Waals surface area contributed by atoms with Crippen molar-refractivity contribution in [1.82, 2.24) is 34.7 Å². The van der Waals surface area contributed by atoms with E-state index in [9.17, 15) is 9.59 Å². The van der Waals surface area contributed by atoms with Gasteiger partial charge in [0, 0.05) is 47.9 Å². The molecule has 0 radical (unpaired) electrons. The summed E-state index contributed by atoms with van der Waals surface area (Å²) in [7, 11) is 1.85. The fraction of sp³-hybridized carbons (Fsp3) is 0.355. The molecule has 5 heterocycles. The number of hydrogen-bond donors (Lipinski definition) is 1. The van der Waals surface area contributed by atoms with Crippen molar-refractivity contribution in [3.05, 3.63) is 76.4 Å². The van der Waals surface area contributed by atoms with E-state index in [4.69, 9.17) is 28.2 Å². The normalized spacial score (nSPS) is 19.4. The molecule has 6 rings (SSSR count). The average molecular weight is 620 g/mol. The molecule has 2 atom stereocenters. The summed E-state index contributed by atoms with van der Waals surface area (Å²) < 4.78 is 3.34. The Morgan fingerprint density at radius 2 is 1.93 bits per heavy atom. The molecule has 0 spiro atoms. The summed E-state index contributed by atoms with van der Waals surface area (Å²) in [5.41, 5.74) is 5.55. The second kappa shape index (κ2) is 11.9. The van der Waals surface area contributed by atoms with Crippen LogP contribution >= 0.6 is 23.2 Å². The topological polar surface area (TPSA) is 111 Å². The number of anilines is 1. The van der Waals surface area contributed by atoms with Crippen LogP contribution in [-0.4, -0.2) is 53.0 Å². The minimum Gasteiger partial charge on any atom is -0.330 e. The third kappa shape index (κ3) is 5.81. The van der Waals surface area contributed by atoms with Crippen LogP contribution in [0, 0.1) is 11.8 Å². The fourth-order valence-corrected chi connectivity index (χ4v) is 6.44. The molecule has 2 aliphatic rings. The maximum Gasteiger partial charge on any atom is 0.247 e. The Morgan fingerprint density at radius 1 is 1.09 bits per heavy atom. The monoisotopic (exact) mass is 618 g/mol. The summed E-state index contributed by atoms with van der Waals surface area (Å²) in [4.78, 5) is 33.9. The van der Waals surface area contributed by atoms with Crippen molar-refractivity contribution in [3.63, 3.8) is 0 Å². The number of aromatic nitrogens is 6. The van der Waals surface area contributed by atoms with Gasteiger partial charge in [-0.05, 0) is 61.1 Å². The van der Waals surface area contributed by atoms with E-state index in [1.807, 2.05) is 36.2 Å². The van der Waals surface area contributed by atoms with Crippen LogP contribution in [0.4, 0.5) is 5.69 Å². The van der Waals surface area contributed by atoms with Gasteiger partial charge in [-0.3, -0.25) is 19.3 Å². The first-order valence-electron chi connectivity index (χ1n) is 14.4. The SMILES string of the molecule is CC(C)[C@@H]1CCC[C@H](N2CCC(c3cc(Cl)ccc3-n3cc(Cl)nn3)=CC2=O)c2cc(ccn2)-c2c(cnn2C)NC1=O. The standard InChI is InChI=1S/C31H32Cl2N8O2/c1-18(2)22-5-4-6-27(24-13-20(9-11-34-24)30-25(36-31(22)43)16-35-39(30)3)40-12-10-19(14-29(40)42)23-15-21(32)7-8-26(23)41-17-28(33)37-38-41/h7-9,11,13-18,22,27H,4-6,10,12H2,1-3H3,(H,36,43)/t22-,27-/m0/s1. The van der Waals surface area contributed by atoms with E-state index < -0.39 is 0 Å². The van der Waals surface area contributed by atoms with Crippen LogP contribution in [-0.2, 0) is 16.6 Å². The fourth-order valence-electron chi connectivity index (χ4n) is 6.14. The van der Waals surface area contributed by atoms with Crippen molar-refractivity contribution in [1.29, 1.82) is 0 Å². The van der Waals surface area contributed by atoms with Crippen molar-refractivity contribution >= 4 is 46.3 Å². The van der Waals surface area contributed by atoms with Gasteiger partial charge in [0.05, 0.1) is 41.2 Å². The largest absolute Gasteiger partial charge is 0.330 e. The number of pyridine rings is 1. The number of hydrogen-bond acceptors (Lipinski definition) is 6. The van der Waals surface area contributed by atoms with Gasteiger partial charge in [-0.2, -0.15) is 5.10 Å². The van der Waals surface area contributed by atoms with Crippen LogP contribution in [0.1, 0.15) is 56.8 Å². The molecule has 12 heteroatoms. The minimum absolute atomic E-state index is 0.0109. The molecular formula is C31H32Cl2N8O2. The van der Waals surface area contributed by atoms with Crippen LogP contribution in [0.5, 0.6) is 0 Å². The van der Waals surface area contributed by atoms with E-state index in [0.717, 1.165) is 40.2 Å². The Kier molecular flexibility index (Phi) is 8.07. The van der Waals surface area contributed by atoms with Crippen molar-refractivity contribution in [2.75, 3.05) is 11.9 Å². The second-order valence-corrected chi connectivity index (χ2v) is 12.2. The number of nitrogens with zero attached hydrogens (tertiary/aromatic N) is 7. The first kappa shape index (κ1) is 29.1. The predicted octanol–water partition coefficient (Wildman–Crippen LogP) is 6.12. The first-order valence-corrected chi connectivity index (χ1v) is 15.1. The van der Waals surface area contributed by atoms with Crippen LogP contribution in [0.3, 0.4) is 0 Å². The molecule has 0 unspecified atom stereocenters. The summed E-state index contributed by atoms with van der Waals surface area (Å²) in [6.45, 7) is 4.63. The maximum absolute atomic E-state index is 13.9. The highest BCUT2D eigenvalue weighted by Gasteiger charge is 2.32. The highest BCUT2D eigenvalue weighted by atomic mass is 35.5. The van der Waals surface area contributed by atoms with Crippen molar-refractivity contribution in [2.45, 2.75) is 45.6 Å². The number of amides is 2. The van der Waals surface area contributed by atoms with Gasteiger partial charge in [0.1, 0.15) is 0 Å². The summed E-state index contributed by atoms with van der Waals surface area (Å²) in [6, 6.07) is 9.11. The van der Waals surface area contributed by atoms with Crippen molar-refractivity contribution < 1.29 is 9.59 Å². The number of benzene rings is 1. The molecule has 0 saturated carbocycles. The molecule has 222 valence electrons. The Labute approximate surface area is 259 Å². The van der Waals surface area contributed by atoms with Gasteiger partial charge in [-0.1, -0.05) is 48.7 Å². The Balaban J connectivity index is 1.37. The van der Waals surface area contributed by atoms with E-state index in [1.165, 1.54) is 0 Å². The van der Waals surface area contributed by atoms with Gasteiger partial charge in [0.2, 0.25) is 11.8 Å². The Hall–Kier alpha value is -4.02. The van der Waals surface area contributed by atoms with E-state index >= 15 is 0 Å². The van der Waals surface area contributed by atoms with Gasteiger partial charge in [-0.25, -0.2) is 4.68 Å². The third-order valence-electron chi connectivity index (χ3n) is 8.32. The van der Waals surface area contributed by atoms with Crippen LogP contribution in [0.25, 0.3) is 22.5 Å². The molecule has 1 aromatic carbocycles. The number of nitrogens with one attached hydrogen (secondary N) is 1. The predicted molar refractivity (Wildman–Crippen MR) is 166 cm³/mol. The zero-order valence-corrected chi connectivity index (χ0v) is 25.7. The van der Waals surface area contributed by atoms with E-state index in [2.05, 4.69) is 34.6 Å². The lowest BCUT2D eigenvalue weighted by Crippen LogP contribution is -2.38. The first-order chi connectivity index (χ1) is 20.7. The summed E-state index contributed by atoms with van der Waals surface area (Å²) >= 11 is 12.4. The van der Waals surface area contributed by atoms with Gasteiger partial charge >= 0.3 is 0 Å². The molecule has 4 aromatic rings. The number of fused-ring (bicyclic) bond motifs is 4. The summed E-state index contributed by atoms with van der Waals surface area (Å²) in [5, 5.41) is 16.4. The average Bonchev–Trinajstić information content (AvgIpc) is 3.57. The van der Waals surface area contributed by atoms with Gasteiger partial charge < -0.3 is 10.2 Å². The molecule has 0 saturated heterocycles. The van der Waals surface area contributed by atoms with Gasteiger partial charge in [-0.15, -0.1) is 5.10 Å². The van der Waals surface area contributed by atoms with Crippen molar-refractivity contribution in [2.24, 2.45) is 18.9 Å². The third-order valence-corrected chi connectivity index (χ3v) is 8.73. The van der Waals surface area contributed by atoms with Gasteiger partial charge in [0.25, 0.3) is 0 Å². The van der Waals surface area contributed by atoms with Crippen LogP contribution in [0.15, 0.2) is 55.0 Å².